The lowest BCUT2D eigenvalue weighted by molar-refractivity contribution is -0.124. The zero-order valence-corrected chi connectivity index (χ0v) is 14.2. The molecule has 0 bridgehead atoms. The quantitative estimate of drug-likeness (QED) is 0.847. The van der Waals surface area contributed by atoms with E-state index in [-0.39, 0.29) is 17.4 Å². The SMILES string of the molecule is COc1ccccc1C(CNC(=O)C1(c2cccs2)CC1)OC. The Morgan fingerprint density at radius 1 is 1.26 bits per heavy atom. The average Bonchev–Trinajstić information content (AvgIpc) is 3.22. The van der Waals surface area contributed by atoms with Crippen LogP contribution in [0, 0.1) is 0 Å². The molecule has 1 aromatic heterocycles. The van der Waals surface area contributed by atoms with Crippen molar-refractivity contribution in [2.75, 3.05) is 20.8 Å². The summed E-state index contributed by atoms with van der Waals surface area (Å²) in [6.07, 6.45) is 1.62. The molecule has 0 radical (unpaired) electrons. The second-order valence-corrected chi connectivity index (χ2v) is 6.68. The molecule has 122 valence electrons. The van der Waals surface area contributed by atoms with Gasteiger partial charge in [0.15, 0.2) is 0 Å². The van der Waals surface area contributed by atoms with Crippen LogP contribution in [0.15, 0.2) is 41.8 Å². The summed E-state index contributed by atoms with van der Waals surface area (Å²) >= 11 is 1.65. The van der Waals surface area contributed by atoms with Crippen LogP contribution >= 0.6 is 11.3 Å². The van der Waals surface area contributed by atoms with Crippen molar-refractivity contribution in [3.8, 4) is 5.75 Å². The van der Waals surface area contributed by atoms with Crippen molar-refractivity contribution in [1.82, 2.24) is 5.32 Å². The molecule has 2 aromatic rings. The van der Waals surface area contributed by atoms with E-state index in [1.807, 2.05) is 41.8 Å². The van der Waals surface area contributed by atoms with Gasteiger partial charge in [-0.05, 0) is 30.4 Å². The van der Waals surface area contributed by atoms with Crippen molar-refractivity contribution in [2.45, 2.75) is 24.4 Å². The van der Waals surface area contributed by atoms with Gasteiger partial charge in [-0.2, -0.15) is 0 Å². The summed E-state index contributed by atoms with van der Waals surface area (Å²) in [5, 5.41) is 5.08. The van der Waals surface area contributed by atoms with Crippen LogP contribution in [0.3, 0.4) is 0 Å². The number of hydrogen-bond acceptors (Lipinski definition) is 4. The lowest BCUT2D eigenvalue weighted by Crippen LogP contribution is -2.37. The minimum atomic E-state index is -0.312. The first kappa shape index (κ1) is 16.0. The monoisotopic (exact) mass is 331 g/mol. The summed E-state index contributed by atoms with van der Waals surface area (Å²) in [6, 6.07) is 11.8. The largest absolute Gasteiger partial charge is 0.496 e. The van der Waals surface area contributed by atoms with E-state index >= 15 is 0 Å². The van der Waals surface area contributed by atoms with Gasteiger partial charge in [-0.1, -0.05) is 24.3 Å². The maximum atomic E-state index is 12.6. The molecule has 0 spiro atoms. The number of ether oxygens (including phenoxy) is 2. The Morgan fingerprint density at radius 2 is 2.04 bits per heavy atom. The molecule has 5 heteroatoms. The Labute approximate surface area is 140 Å². The summed E-state index contributed by atoms with van der Waals surface area (Å²) in [7, 11) is 3.29. The molecule has 4 nitrogen and oxygen atoms in total. The molecule has 1 fully saturated rings. The third-order valence-corrected chi connectivity index (χ3v) is 5.47. The van der Waals surface area contributed by atoms with Crippen LogP contribution in [-0.2, 0) is 14.9 Å². The van der Waals surface area contributed by atoms with E-state index in [1.165, 1.54) is 0 Å². The molecular formula is C18H21NO3S. The van der Waals surface area contributed by atoms with Crippen LogP contribution in [0.2, 0.25) is 0 Å². The third kappa shape index (κ3) is 3.12. The average molecular weight is 331 g/mol. The number of benzene rings is 1. The highest BCUT2D eigenvalue weighted by atomic mass is 32.1. The van der Waals surface area contributed by atoms with E-state index in [0.717, 1.165) is 29.0 Å². The predicted octanol–water partition coefficient (Wildman–Crippen LogP) is 3.29. The number of amides is 1. The topological polar surface area (TPSA) is 47.6 Å². The number of para-hydroxylation sites is 1. The summed E-state index contributed by atoms with van der Waals surface area (Å²) in [4.78, 5) is 13.8. The van der Waals surface area contributed by atoms with E-state index in [2.05, 4.69) is 5.32 Å². The first-order chi connectivity index (χ1) is 11.2. The van der Waals surface area contributed by atoms with Crippen molar-refractivity contribution >= 4 is 17.2 Å². The van der Waals surface area contributed by atoms with E-state index in [0.29, 0.717) is 6.54 Å². The number of carbonyl (C=O) groups is 1. The molecule has 1 aromatic carbocycles. The van der Waals surface area contributed by atoms with Gasteiger partial charge >= 0.3 is 0 Å². The van der Waals surface area contributed by atoms with Gasteiger partial charge in [0.1, 0.15) is 11.9 Å². The summed E-state index contributed by atoms with van der Waals surface area (Å²) < 4.78 is 10.9. The van der Waals surface area contributed by atoms with Gasteiger partial charge < -0.3 is 14.8 Å². The number of methoxy groups -OCH3 is 2. The van der Waals surface area contributed by atoms with E-state index in [9.17, 15) is 4.79 Å². The van der Waals surface area contributed by atoms with Crippen LogP contribution < -0.4 is 10.1 Å². The lowest BCUT2D eigenvalue weighted by Gasteiger charge is -2.21. The molecule has 1 aliphatic carbocycles. The van der Waals surface area contributed by atoms with Crippen molar-refractivity contribution in [3.63, 3.8) is 0 Å². The molecule has 1 amide bonds. The van der Waals surface area contributed by atoms with Gasteiger partial charge in [-0.25, -0.2) is 0 Å². The second kappa shape index (κ2) is 6.72. The third-order valence-electron chi connectivity index (χ3n) is 4.40. The molecule has 1 N–H and O–H groups in total. The first-order valence-corrected chi connectivity index (χ1v) is 8.57. The number of hydrogen-bond donors (Lipinski definition) is 1. The fraction of sp³-hybridized carbons (Fsp3) is 0.389. The van der Waals surface area contributed by atoms with Gasteiger partial charge in [0.2, 0.25) is 5.91 Å². The van der Waals surface area contributed by atoms with Crippen molar-refractivity contribution in [3.05, 3.63) is 52.2 Å². The Hall–Kier alpha value is -1.85. The van der Waals surface area contributed by atoms with Crippen LogP contribution in [0.1, 0.15) is 29.4 Å². The van der Waals surface area contributed by atoms with Gasteiger partial charge in [-0.3, -0.25) is 4.79 Å². The fourth-order valence-corrected chi connectivity index (χ4v) is 3.85. The van der Waals surface area contributed by atoms with E-state index < -0.39 is 0 Å². The van der Waals surface area contributed by atoms with Crippen molar-refractivity contribution in [1.29, 1.82) is 0 Å². The van der Waals surface area contributed by atoms with Gasteiger partial charge in [0, 0.05) is 24.1 Å². The van der Waals surface area contributed by atoms with Crippen LogP contribution in [0.4, 0.5) is 0 Å². The molecule has 0 saturated heterocycles. The maximum Gasteiger partial charge on any atom is 0.231 e. The molecule has 1 saturated carbocycles. The van der Waals surface area contributed by atoms with E-state index in [1.54, 1.807) is 25.6 Å². The minimum Gasteiger partial charge on any atom is -0.496 e. The smallest absolute Gasteiger partial charge is 0.231 e. The minimum absolute atomic E-state index is 0.0943. The molecule has 1 heterocycles. The summed E-state index contributed by atoms with van der Waals surface area (Å²) in [6.45, 7) is 0.433. The zero-order chi connectivity index (χ0) is 16.3. The van der Waals surface area contributed by atoms with E-state index in [4.69, 9.17) is 9.47 Å². The molecular weight excluding hydrogens is 310 g/mol. The first-order valence-electron chi connectivity index (χ1n) is 7.69. The predicted molar refractivity (Wildman–Crippen MR) is 91.0 cm³/mol. The highest BCUT2D eigenvalue weighted by Crippen LogP contribution is 2.50. The summed E-state index contributed by atoms with van der Waals surface area (Å²) in [5.74, 6) is 0.866. The Balaban J connectivity index is 1.68. The molecule has 1 atom stereocenters. The molecule has 1 aliphatic rings. The number of thiophene rings is 1. The molecule has 0 aliphatic heterocycles. The lowest BCUT2D eigenvalue weighted by atomic mass is 10.0. The highest BCUT2D eigenvalue weighted by Gasteiger charge is 2.52. The van der Waals surface area contributed by atoms with Crippen LogP contribution in [-0.4, -0.2) is 26.7 Å². The van der Waals surface area contributed by atoms with Crippen molar-refractivity contribution in [2.24, 2.45) is 0 Å². The second-order valence-electron chi connectivity index (χ2n) is 5.74. The molecule has 3 rings (SSSR count). The summed E-state index contributed by atoms with van der Waals surface area (Å²) in [5.41, 5.74) is 0.631. The van der Waals surface area contributed by atoms with Crippen molar-refractivity contribution < 1.29 is 14.3 Å². The van der Waals surface area contributed by atoms with Gasteiger partial charge in [-0.15, -0.1) is 11.3 Å². The number of carbonyl (C=O) groups excluding carboxylic acids is 1. The maximum absolute atomic E-state index is 12.6. The van der Waals surface area contributed by atoms with Gasteiger partial charge in [0.05, 0.1) is 12.5 Å². The Kier molecular flexibility index (Phi) is 4.68. The zero-order valence-electron chi connectivity index (χ0n) is 13.4. The molecule has 1 unspecified atom stereocenters. The number of rotatable bonds is 7. The fourth-order valence-electron chi connectivity index (χ4n) is 2.87. The number of nitrogens with one attached hydrogen (secondary N) is 1. The Morgan fingerprint density at radius 3 is 2.65 bits per heavy atom. The normalized spacial score (nSPS) is 16.6. The standard InChI is InChI=1S/C18H21NO3S/c1-21-14-7-4-3-6-13(14)15(22-2)12-19-17(20)18(9-10-18)16-8-5-11-23-16/h3-8,11,15H,9-10,12H2,1-2H3,(H,19,20). The van der Waals surface area contributed by atoms with Gasteiger partial charge in [0.25, 0.3) is 0 Å². The van der Waals surface area contributed by atoms with Crippen LogP contribution in [0.5, 0.6) is 5.75 Å². The highest BCUT2D eigenvalue weighted by molar-refractivity contribution is 7.10. The molecule has 23 heavy (non-hydrogen) atoms. The van der Waals surface area contributed by atoms with Crippen LogP contribution in [0.25, 0.3) is 0 Å². The Bertz CT molecular complexity index is 665.